The zero-order chi connectivity index (χ0) is 15.2. The van der Waals surface area contributed by atoms with Crippen LogP contribution in [0.2, 0.25) is 0 Å². The second-order valence-corrected chi connectivity index (χ2v) is 4.94. The molecular formula is C16H19N3O2. The molecule has 0 unspecified atom stereocenters. The van der Waals surface area contributed by atoms with Crippen LogP contribution in [0.4, 0.5) is 5.69 Å². The fourth-order valence-electron chi connectivity index (χ4n) is 2.20. The minimum atomic E-state index is -0.211. The monoisotopic (exact) mass is 285 g/mol. The molecule has 1 amide bonds. The summed E-state index contributed by atoms with van der Waals surface area (Å²) in [7, 11) is 0. The number of carbonyl (C=O) groups is 1. The molecule has 0 aliphatic heterocycles. The molecule has 0 saturated carbocycles. The predicted molar refractivity (Wildman–Crippen MR) is 83.6 cm³/mol. The number of nitrogens with one attached hydrogen (secondary N) is 2. The van der Waals surface area contributed by atoms with Crippen LogP contribution >= 0.6 is 0 Å². The lowest BCUT2D eigenvalue weighted by molar-refractivity contribution is -0.119. The summed E-state index contributed by atoms with van der Waals surface area (Å²) in [6, 6.07) is 7.69. The number of benzene rings is 1. The third-order valence-electron chi connectivity index (χ3n) is 3.03. The van der Waals surface area contributed by atoms with Gasteiger partial charge in [0.15, 0.2) is 0 Å². The quantitative estimate of drug-likeness (QED) is 0.655. The van der Waals surface area contributed by atoms with Crippen LogP contribution in [0.5, 0.6) is 0 Å². The topological polar surface area (TPSA) is 66.6 Å². The highest BCUT2D eigenvalue weighted by Crippen LogP contribution is 2.21. The zero-order valence-electron chi connectivity index (χ0n) is 12.4. The van der Waals surface area contributed by atoms with E-state index in [1.54, 1.807) is 18.4 Å². The first-order chi connectivity index (χ1) is 10.1. The van der Waals surface area contributed by atoms with Crippen LogP contribution in [0.3, 0.4) is 0 Å². The Morgan fingerprint density at radius 1 is 1.29 bits per heavy atom. The summed E-state index contributed by atoms with van der Waals surface area (Å²) in [5.74, 6) is 0.380. The molecule has 110 valence electrons. The number of furan rings is 1. The van der Waals surface area contributed by atoms with Crippen LogP contribution in [0.1, 0.15) is 22.5 Å². The molecule has 0 fully saturated rings. The minimum absolute atomic E-state index is 0.167. The van der Waals surface area contributed by atoms with E-state index in [2.05, 4.69) is 34.9 Å². The first kappa shape index (κ1) is 14.8. The van der Waals surface area contributed by atoms with Crippen molar-refractivity contribution in [3.05, 3.63) is 53.0 Å². The van der Waals surface area contributed by atoms with E-state index in [9.17, 15) is 4.79 Å². The standard InChI is InChI=1S/C16H19N3O2/c1-11-7-12(2)16(13(3)8-11)17-10-15(20)19-18-9-14-5-4-6-21-14/h4-9,17H,10H2,1-3H3,(H,19,20)/b18-9-. The number of carbonyl (C=O) groups excluding carboxylic acids is 1. The highest BCUT2D eigenvalue weighted by atomic mass is 16.3. The smallest absolute Gasteiger partial charge is 0.259 e. The maximum Gasteiger partial charge on any atom is 0.259 e. The van der Waals surface area contributed by atoms with E-state index in [0.29, 0.717) is 5.76 Å². The zero-order valence-corrected chi connectivity index (χ0v) is 12.4. The number of rotatable bonds is 5. The molecule has 5 heteroatoms. The van der Waals surface area contributed by atoms with Crippen LogP contribution < -0.4 is 10.7 Å². The molecule has 0 saturated heterocycles. The van der Waals surface area contributed by atoms with Crippen LogP contribution in [0.25, 0.3) is 0 Å². The third kappa shape index (κ3) is 4.21. The van der Waals surface area contributed by atoms with E-state index in [1.165, 1.54) is 11.8 Å². The number of hydrazone groups is 1. The van der Waals surface area contributed by atoms with Gasteiger partial charge in [0, 0.05) is 5.69 Å². The van der Waals surface area contributed by atoms with Crippen molar-refractivity contribution >= 4 is 17.8 Å². The molecule has 2 N–H and O–H groups in total. The first-order valence-electron chi connectivity index (χ1n) is 6.73. The number of amides is 1. The number of hydrogen-bond acceptors (Lipinski definition) is 4. The van der Waals surface area contributed by atoms with Crippen molar-refractivity contribution in [1.82, 2.24) is 5.43 Å². The van der Waals surface area contributed by atoms with Crippen molar-refractivity contribution in [2.24, 2.45) is 5.10 Å². The van der Waals surface area contributed by atoms with E-state index in [-0.39, 0.29) is 12.5 Å². The van der Waals surface area contributed by atoms with Crippen molar-refractivity contribution in [3.8, 4) is 0 Å². The molecule has 0 spiro atoms. The Labute approximate surface area is 124 Å². The maximum absolute atomic E-state index is 11.7. The molecule has 0 radical (unpaired) electrons. The molecule has 0 aliphatic rings. The van der Waals surface area contributed by atoms with Crippen molar-refractivity contribution in [3.63, 3.8) is 0 Å². The van der Waals surface area contributed by atoms with Crippen LogP contribution in [0, 0.1) is 20.8 Å². The Bertz CT molecular complexity index is 623. The fraction of sp³-hybridized carbons (Fsp3) is 0.250. The van der Waals surface area contributed by atoms with E-state index in [0.717, 1.165) is 16.8 Å². The van der Waals surface area contributed by atoms with Gasteiger partial charge in [-0.2, -0.15) is 5.10 Å². The molecule has 1 aromatic carbocycles. The number of aryl methyl sites for hydroxylation is 3. The third-order valence-corrected chi connectivity index (χ3v) is 3.03. The Hall–Kier alpha value is -2.56. The summed E-state index contributed by atoms with van der Waals surface area (Å²) < 4.78 is 5.07. The van der Waals surface area contributed by atoms with Crippen molar-refractivity contribution < 1.29 is 9.21 Å². The number of anilines is 1. The number of hydrogen-bond donors (Lipinski definition) is 2. The molecular weight excluding hydrogens is 266 g/mol. The highest BCUT2D eigenvalue weighted by molar-refractivity contribution is 5.83. The lowest BCUT2D eigenvalue weighted by Crippen LogP contribution is -2.26. The lowest BCUT2D eigenvalue weighted by Gasteiger charge is -2.13. The van der Waals surface area contributed by atoms with E-state index < -0.39 is 0 Å². The summed E-state index contributed by atoms with van der Waals surface area (Å²) in [5, 5.41) is 6.97. The summed E-state index contributed by atoms with van der Waals surface area (Å²) in [6.07, 6.45) is 3.01. The largest absolute Gasteiger partial charge is 0.463 e. The molecule has 1 aromatic heterocycles. The average Bonchev–Trinajstić information content (AvgIpc) is 2.90. The molecule has 0 atom stereocenters. The Morgan fingerprint density at radius 3 is 2.62 bits per heavy atom. The molecule has 0 bridgehead atoms. The molecule has 2 aromatic rings. The fourth-order valence-corrected chi connectivity index (χ4v) is 2.20. The SMILES string of the molecule is Cc1cc(C)c(NCC(=O)N/N=C\c2ccco2)c(C)c1. The highest BCUT2D eigenvalue weighted by Gasteiger charge is 2.05. The normalized spacial score (nSPS) is 10.8. The molecule has 5 nitrogen and oxygen atoms in total. The van der Waals surface area contributed by atoms with Gasteiger partial charge in [0.1, 0.15) is 5.76 Å². The first-order valence-corrected chi connectivity index (χ1v) is 6.73. The van der Waals surface area contributed by atoms with Crippen LogP contribution in [0.15, 0.2) is 40.0 Å². The van der Waals surface area contributed by atoms with Crippen molar-refractivity contribution in [1.29, 1.82) is 0 Å². The molecule has 2 rings (SSSR count). The Kier molecular flexibility index (Phi) is 4.77. The Morgan fingerprint density at radius 2 is 2.00 bits per heavy atom. The number of nitrogens with zero attached hydrogens (tertiary/aromatic N) is 1. The maximum atomic E-state index is 11.7. The molecule has 21 heavy (non-hydrogen) atoms. The van der Waals surface area contributed by atoms with Gasteiger partial charge in [-0.25, -0.2) is 5.43 Å². The second-order valence-electron chi connectivity index (χ2n) is 4.94. The van der Waals surface area contributed by atoms with Gasteiger partial charge in [-0.1, -0.05) is 17.7 Å². The van der Waals surface area contributed by atoms with Gasteiger partial charge in [0.2, 0.25) is 0 Å². The summed E-state index contributed by atoms with van der Waals surface area (Å²) in [6.45, 7) is 6.27. The molecule has 0 aliphatic carbocycles. The van der Waals surface area contributed by atoms with E-state index >= 15 is 0 Å². The second kappa shape index (κ2) is 6.74. The summed E-state index contributed by atoms with van der Waals surface area (Å²) in [4.78, 5) is 11.7. The van der Waals surface area contributed by atoms with Gasteiger partial charge in [-0.15, -0.1) is 0 Å². The van der Waals surface area contributed by atoms with Gasteiger partial charge in [-0.05, 0) is 44.0 Å². The van der Waals surface area contributed by atoms with E-state index in [1.807, 2.05) is 13.8 Å². The van der Waals surface area contributed by atoms with Gasteiger partial charge in [-0.3, -0.25) is 4.79 Å². The minimum Gasteiger partial charge on any atom is -0.463 e. The molecule has 1 heterocycles. The van der Waals surface area contributed by atoms with Crippen molar-refractivity contribution in [2.45, 2.75) is 20.8 Å². The summed E-state index contributed by atoms with van der Waals surface area (Å²) >= 11 is 0. The lowest BCUT2D eigenvalue weighted by atomic mass is 10.1. The van der Waals surface area contributed by atoms with Gasteiger partial charge in [0.05, 0.1) is 19.0 Å². The van der Waals surface area contributed by atoms with Gasteiger partial charge < -0.3 is 9.73 Å². The van der Waals surface area contributed by atoms with E-state index in [4.69, 9.17) is 4.42 Å². The van der Waals surface area contributed by atoms with Crippen molar-refractivity contribution in [2.75, 3.05) is 11.9 Å². The predicted octanol–water partition coefficient (Wildman–Crippen LogP) is 2.77. The van der Waals surface area contributed by atoms with Crippen LogP contribution in [-0.2, 0) is 4.79 Å². The van der Waals surface area contributed by atoms with Gasteiger partial charge in [0.25, 0.3) is 5.91 Å². The average molecular weight is 285 g/mol. The summed E-state index contributed by atoms with van der Waals surface area (Å²) in [5.41, 5.74) is 6.90. The van der Waals surface area contributed by atoms with Crippen LogP contribution in [-0.4, -0.2) is 18.7 Å². The van der Waals surface area contributed by atoms with Gasteiger partial charge >= 0.3 is 0 Å². The Balaban J connectivity index is 1.87.